The van der Waals surface area contributed by atoms with Gasteiger partial charge in [-0.05, 0) is 37.1 Å². The molecule has 5 nitrogen and oxygen atoms in total. The summed E-state index contributed by atoms with van der Waals surface area (Å²) >= 11 is 0. The quantitative estimate of drug-likeness (QED) is 0.903. The summed E-state index contributed by atoms with van der Waals surface area (Å²) in [6.45, 7) is 4.68. The topological polar surface area (TPSA) is 70.3 Å². The fraction of sp³-hybridized carbons (Fsp3) is 0.333. The van der Waals surface area contributed by atoms with E-state index in [1.807, 2.05) is 38.1 Å². The van der Waals surface area contributed by atoms with Crippen molar-refractivity contribution >= 4 is 0 Å². The van der Waals surface area contributed by atoms with Crippen molar-refractivity contribution in [2.24, 2.45) is 5.73 Å². The number of ether oxygens (including phenoxy) is 2. The molecule has 2 aromatic rings. The Hall–Kier alpha value is -2.14. The molecule has 0 aliphatic rings. The first kappa shape index (κ1) is 14.3. The van der Waals surface area contributed by atoms with Crippen LogP contribution in [-0.4, -0.2) is 17.3 Å². The van der Waals surface area contributed by atoms with E-state index in [2.05, 4.69) is 10.2 Å². The first-order chi connectivity index (χ1) is 9.65. The third-order valence-electron chi connectivity index (χ3n) is 3.26. The van der Waals surface area contributed by atoms with Gasteiger partial charge in [-0.15, -0.1) is 5.10 Å². The number of aromatic nitrogens is 2. The van der Waals surface area contributed by atoms with Gasteiger partial charge in [0.15, 0.2) is 0 Å². The minimum Gasteiger partial charge on any atom is -0.497 e. The first-order valence-electron chi connectivity index (χ1n) is 6.44. The average molecular weight is 273 g/mol. The van der Waals surface area contributed by atoms with Crippen molar-refractivity contribution in [2.75, 3.05) is 7.11 Å². The number of nitrogens with zero attached hydrogens (tertiary/aromatic N) is 2. The molecule has 0 aliphatic carbocycles. The Morgan fingerprint density at radius 2 is 2.00 bits per heavy atom. The van der Waals surface area contributed by atoms with Crippen molar-refractivity contribution < 1.29 is 9.47 Å². The van der Waals surface area contributed by atoms with Gasteiger partial charge in [0.25, 0.3) is 0 Å². The molecule has 0 atom stereocenters. The zero-order valence-electron chi connectivity index (χ0n) is 12.0. The minimum atomic E-state index is 0.385. The minimum absolute atomic E-state index is 0.385. The summed E-state index contributed by atoms with van der Waals surface area (Å²) in [4.78, 5) is 0. The third-order valence-corrected chi connectivity index (χ3v) is 3.26. The lowest BCUT2D eigenvalue weighted by molar-refractivity contribution is 0.285. The van der Waals surface area contributed by atoms with Crippen molar-refractivity contribution in [1.29, 1.82) is 0 Å². The van der Waals surface area contributed by atoms with E-state index in [0.717, 1.165) is 28.1 Å². The lowest BCUT2D eigenvalue weighted by Gasteiger charge is -2.12. The highest BCUT2D eigenvalue weighted by molar-refractivity contribution is 5.35. The maximum atomic E-state index is 5.77. The van der Waals surface area contributed by atoms with E-state index in [-0.39, 0.29) is 0 Å². The molecule has 0 unspecified atom stereocenters. The molecule has 0 amide bonds. The Bertz CT molecular complexity index is 600. The normalized spacial score (nSPS) is 10.4. The largest absolute Gasteiger partial charge is 0.497 e. The molecular formula is C15H19N3O2. The third kappa shape index (κ3) is 3.05. The van der Waals surface area contributed by atoms with Crippen LogP contribution in [0.3, 0.4) is 0 Å². The van der Waals surface area contributed by atoms with Crippen LogP contribution in [0.2, 0.25) is 0 Å². The SMILES string of the molecule is COc1cccc(COc2nnc(C)c(C)c2CN)c1. The van der Waals surface area contributed by atoms with Crippen LogP contribution >= 0.6 is 0 Å². The van der Waals surface area contributed by atoms with Crippen LogP contribution in [0, 0.1) is 13.8 Å². The lowest BCUT2D eigenvalue weighted by Crippen LogP contribution is -2.09. The molecule has 1 heterocycles. The summed E-state index contributed by atoms with van der Waals surface area (Å²) in [7, 11) is 1.64. The molecule has 2 rings (SSSR count). The highest BCUT2D eigenvalue weighted by atomic mass is 16.5. The number of benzene rings is 1. The van der Waals surface area contributed by atoms with Crippen LogP contribution in [0.4, 0.5) is 0 Å². The fourth-order valence-electron chi connectivity index (χ4n) is 1.90. The molecule has 106 valence electrons. The zero-order valence-corrected chi connectivity index (χ0v) is 12.0. The van der Waals surface area contributed by atoms with Crippen LogP contribution in [-0.2, 0) is 13.2 Å². The molecule has 1 aromatic heterocycles. The molecule has 1 aromatic carbocycles. The maximum absolute atomic E-state index is 5.77. The van der Waals surface area contributed by atoms with Gasteiger partial charge in [-0.1, -0.05) is 12.1 Å². The van der Waals surface area contributed by atoms with Gasteiger partial charge in [-0.25, -0.2) is 0 Å². The predicted molar refractivity (Wildman–Crippen MR) is 76.7 cm³/mol. The van der Waals surface area contributed by atoms with Crippen molar-refractivity contribution in [3.8, 4) is 11.6 Å². The Morgan fingerprint density at radius 1 is 1.20 bits per heavy atom. The number of methoxy groups -OCH3 is 1. The summed E-state index contributed by atoms with van der Waals surface area (Å²) in [5.41, 5.74) is 9.58. The highest BCUT2D eigenvalue weighted by Gasteiger charge is 2.11. The first-order valence-corrected chi connectivity index (χ1v) is 6.44. The monoisotopic (exact) mass is 273 g/mol. The van der Waals surface area contributed by atoms with Crippen molar-refractivity contribution in [1.82, 2.24) is 10.2 Å². The smallest absolute Gasteiger partial charge is 0.238 e. The molecule has 0 fully saturated rings. The Labute approximate surface area is 118 Å². The summed E-state index contributed by atoms with van der Waals surface area (Å²) < 4.78 is 10.9. The maximum Gasteiger partial charge on any atom is 0.238 e. The van der Waals surface area contributed by atoms with Gasteiger partial charge in [0.05, 0.1) is 12.8 Å². The molecule has 0 aliphatic heterocycles. The molecule has 0 bridgehead atoms. The molecule has 2 N–H and O–H groups in total. The number of nitrogens with two attached hydrogens (primary N) is 1. The van der Waals surface area contributed by atoms with Crippen molar-refractivity contribution in [2.45, 2.75) is 27.0 Å². The van der Waals surface area contributed by atoms with E-state index in [4.69, 9.17) is 15.2 Å². The number of hydrogen-bond donors (Lipinski definition) is 1. The predicted octanol–water partition coefficient (Wildman–Crippen LogP) is 2.14. The van der Waals surface area contributed by atoms with Gasteiger partial charge < -0.3 is 15.2 Å². The van der Waals surface area contributed by atoms with Crippen LogP contribution in [0.25, 0.3) is 0 Å². The number of hydrogen-bond acceptors (Lipinski definition) is 5. The second-order valence-electron chi connectivity index (χ2n) is 4.54. The summed E-state index contributed by atoms with van der Waals surface area (Å²) in [6, 6.07) is 7.72. The second-order valence-corrected chi connectivity index (χ2v) is 4.54. The van der Waals surface area contributed by atoms with E-state index in [0.29, 0.717) is 19.0 Å². The van der Waals surface area contributed by atoms with Crippen LogP contribution in [0.5, 0.6) is 11.6 Å². The van der Waals surface area contributed by atoms with Gasteiger partial charge in [-0.2, -0.15) is 5.10 Å². The Kier molecular flexibility index (Phi) is 4.53. The molecule has 5 heteroatoms. The average Bonchev–Trinajstić information content (AvgIpc) is 2.48. The molecule has 20 heavy (non-hydrogen) atoms. The Balaban J connectivity index is 2.16. The standard InChI is InChI=1S/C15H19N3O2/c1-10-11(2)17-18-15(14(10)8-16)20-9-12-5-4-6-13(7-12)19-3/h4-7H,8-9,16H2,1-3H3. The van der Waals surface area contributed by atoms with Crippen LogP contribution in [0.15, 0.2) is 24.3 Å². The Morgan fingerprint density at radius 3 is 2.70 bits per heavy atom. The van der Waals surface area contributed by atoms with E-state index in [9.17, 15) is 0 Å². The highest BCUT2D eigenvalue weighted by Crippen LogP contribution is 2.21. The summed E-state index contributed by atoms with van der Waals surface area (Å²) in [6.07, 6.45) is 0. The molecular weight excluding hydrogens is 254 g/mol. The summed E-state index contributed by atoms with van der Waals surface area (Å²) in [5.74, 6) is 1.30. The fourth-order valence-corrected chi connectivity index (χ4v) is 1.90. The van der Waals surface area contributed by atoms with Crippen LogP contribution < -0.4 is 15.2 Å². The van der Waals surface area contributed by atoms with Gasteiger partial charge in [-0.3, -0.25) is 0 Å². The van der Waals surface area contributed by atoms with Crippen LogP contribution in [0.1, 0.15) is 22.4 Å². The summed E-state index contributed by atoms with van der Waals surface area (Å²) in [5, 5.41) is 8.16. The van der Waals surface area contributed by atoms with Gasteiger partial charge in [0, 0.05) is 12.1 Å². The van der Waals surface area contributed by atoms with Crippen molar-refractivity contribution in [3.05, 3.63) is 46.6 Å². The van der Waals surface area contributed by atoms with Gasteiger partial charge in [0.1, 0.15) is 12.4 Å². The van der Waals surface area contributed by atoms with E-state index >= 15 is 0 Å². The molecule has 0 radical (unpaired) electrons. The van der Waals surface area contributed by atoms with Gasteiger partial charge in [0.2, 0.25) is 5.88 Å². The van der Waals surface area contributed by atoms with E-state index in [1.165, 1.54) is 0 Å². The lowest BCUT2D eigenvalue weighted by atomic mass is 10.1. The molecule has 0 saturated carbocycles. The van der Waals surface area contributed by atoms with Gasteiger partial charge >= 0.3 is 0 Å². The molecule has 0 saturated heterocycles. The molecule has 0 spiro atoms. The van der Waals surface area contributed by atoms with E-state index in [1.54, 1.807) is 7.11 Å². The number of aryl methyl sites for hydroxylation is 1. The van der Waals surface area contributed by atoms with E-state index < -0.39 is 0 Å². The zero-order chi connectivity index (χ0) is 14.5. The second kappa shape index (κ2) is 6.34. The van der Waals surface area contributed by atoms with Crippen molar-refractivity contribution in [3.63, 3.8) is 0 Å². The number of rotatable bonds is 5.